The number of nitro benzene ring substituents is 1. The standard InChI is InChI=1S/C30H31BrFNO9/c1-15-8-20-19-5-4-16-9-17(34)6-7-27(16,2)29(19,32)23(35)12-28(20)14-42-30(15,28)24(36)13-41-26(37)25-21(31)10-18(40-3)11-22(25)33(38)39/h6-7,9-11,15,19-20,23,35H,4-5,8,12-14H2,1-3H3/t15-,19+,20?,23+,27+,28-,29+,30+/m1/s1. The van der Waals surface area contributed by atoms with Crippen LogP contribution in [0.1, 0.15) is 49.9 Å². The molecule has 1 aliphatic heterocycles. The van der Waals surface area contributed by atoms with Gasteiger partial charge in [0, 0.05) is 21.2 Å². The van der Waals surface area contributed by atoms with E-state index >= 15 is 4.39 Å². The van der Waals surface area contributed by atoms with Crippen LogP contribution in [0.3, 0.4) is 0 Å². The van der Waals surface area contributed by atoms with Crippen LogP contribution >= 0.6 is 15.9 Å². The van der Waals surface area contributed by atoms with E-state index in [-0.39, 0.29) is 46.4 Å². The molecule has 1 unspecified atom stereocenters. The van der Waals surface area contributed by atoms with Crippen LogP contribution < -0.4 is 4.74 Å². The monoisotopic (exact) mass is 647 g/mol. The topological polar surface area (TPSA) is 142 Å². The molecular formula is C30H31BrFNO9. The van der Waals surface area contributed by atoms with Crippen LogP contribution in [0.4, 0.5) is 10.1 Å². The van der Waals surface area contributed by atoms with Crippen molar-refractivity contribution in [3.63, 3.8) is 0 Å². The van der Waals surface area contributed by atoms with Crippen molar-refractivity contribution in [3.8, 4) is 5.75 Å². The summed E-state index contributed by atoms with van der Waals surface area (Å²) >= 11 is 3.16. The lowest BCUT2D eigenvalue weighted by atomic mass is 9.43. The minimum Gasteiger partial charge on any atom is -0.496 e. The molecule has 1 aromatic carbocycles. The Morgan fingerprint density at radius 1 is 1.31 bits per heavy atom. The molecule has 5 aliphatic rings. The molecule has 8 atom stereocenters. The van der Waals surface area contributed by atoms with E-state index in [4.69, 9.17) is 14.2 Å². The summed E-state index contributed by atoms with van der Waals surface area (Å²) in [7, 11) is 1.33. The first-order valence-corrected chi connectivity index (χ1v) is 14.7. The summed E-state index contributed by atoms with van der Waals surface area (Å²) in [4.78, 5) is 49.9. The maximum absolute atomic E-state index is 17.4. The fourth-order valence-corrected chi connectivity index (χ4v) is 9.60. The largest absolute Gasteiger partial charge is 0.496 e. The van der Waals surface area contributed by atoms with Crippen molar-refractivity contribution < 1.29 is 43.0 Å². The lowest BCUT2D eigenvalue weighted by Crippen LogP contribution is -2.76. The summed E-state index contributed by atoms with van der Waals surface area (Å²) in [5.41, 5.74) is -5.66. The van der Waals surface area contributed by atoms with E-state index in [9.17, 15) is 29.6 Å². The Kier molecular flexibility index (Phi) is 6.60. The smallest absolute Gasteiger partial charge is 0.346 e. The van der Waals surface area contributed by atoms with Crippen LogP contribution in [0, 0.1) is 38.7 Å². The summed E-state index contributed by atoms with van der Waals surface area (Å²) in [5.74, 6) is -2.84. The number of aliphatic hydroxyl groups excluding tert-OH is 1. The molecular weight excluding hydrogens is 617 g/mol. The van der Waals surface area contributed by atoms with Crippen molar-refractivity contribution in [3.05, 3.63) is 56.1 Å². The van der Waals surface area contributed by atoms with Crippen molar-refractivity contribution in [1.82, 2.24) is 0 Å². The number of aliphatic hydroxyl groups is 1. The van der Waals surface area contributed by atoms with E-state index < -0.39 is 63.1 Å². The molecule has 4 fully saturated rings. The molecule has 4 aliphatic carbocycles. The summed E-state index contributed by atoms with van der Waals surface area (Å²) in [6, 6.07) is 2.47. The molecule has 6 rings (SSSR count). The van der Waals surface area contributed by atoms with Crippen molar-refractivity contribution in [2.75, 3.05) is 20.3 Å². The molecule has 1 heterocycles. The van der Waals surface area contributed by atoms with E-state index in [1.54, 1.807) is 13.0 Å². The third-order valence-corrected chi connectivity index (χ3v) is 11.5. The number of methoxy groups -OCH3 is 1. The van der Waals surface area contributed by atoms with Crippen molar-refractivity contribution in [2.45, 2.75) is 56.9 Å². The first-order valence-electron chi connectivity index (χ1n) is 13.9. The molecule has 3 saturated carbocycles. The first-order chi connectivity index (χ1) is 19.8. The van der Waals surface area contributed by atoms with Crippen LogP contribution in [0.15, 0.2) is 40.4 Å². The Morgan fingerprint density at radius 2 is 2.05 bits per heavy atom. The average Bonchev–Trinajstić information content (AvgIpc) is 3.09. The number of allylic oxidation sites excluding steroid dienone is 4. The van der Waals surface area contributed by atoms with Gasteiger partial charge in [-0.2, -0.15) is 0 Å². The molecule has 1 saturated heterocycles. The molecule has 0 amide bonds. The Balaban J connectivity index is 1.28. The number of nitrogens with zero attached hydrogens (tertiary/aromatic N) is 1. The first kappa shape index (κ1) is 29.1. The molecule has 224 valence electrons. The number of nitro groups is 1. The summed E-state index contributed by atoms with van der Waals surface area (Å²) < 4.78 is 33.9. The van der Waals surface area contributed by atoms with Gasteiger partial charge in [0.1, 0.15) is 11.4 Å². The number of hydrogen-bond acceptors (Lipinski definition) is 9. The highest BCUT2D eigenvalue weighted by Crippen LogP contribution is 2.74. The minimum atomic E-state index is -2.04. The highest BCUT2D eigenvalue weighted by Gasteiger charge is 2.81. The number of carbonyl (C=O) groups excluding carboxylic acids is 3. The molecule has 12 heteroatoms. The van der Waals surface area contributed by atoms with Gasteiger partial charge in [-0.1, -0.05) is 18.6 Å². The van der Waals surface area contributed by atoms with Crippen LogP contribution in [-0.4, -0.2) is 65.3 Å². The van der Waals surface area contributed by atoms with E-state index in [2.05, 4.69) is 15.9 Å². The number of hydrogen-bond donors (Lipinski definition) is 1. The molecule has 0 bridgehead atoms. The lowest BCUT2D eigenvalue weighted by Gasteiger charge is -2.67. The lowest BCUT2D eigenvalue weighted by molar-refractivity contribution is -0.385. The predicted molar refractivity (Wildman–Crippen MR) is 149 cm³/mol. The second kappa shape index (κ2) is 9.52. The van der Waals surface area contributed by atoms with Gasteiger partial charge >= 0.3 is 5.97 Å². The number of alkyl halides is 1. The second-order valence-corrected chi connectivity index (χ2v) is 13.3. The number of Topliss-reactive ketones (excluding diaryl/α,β-unsaturated/α-hetero) is 1. The average molecular weight is 648 g/mol. The highest BCUT2D eigenvalue weighted by atomic mass is 79.9. The number of ketones is 2. The zero-order valence-electron chi connectivity index (χ0n) is 23.4. The molecule has 1 spiro atoms. The normalized spacial score (nSPS) is 39.6. The molecule has 0 radical (unpaired) electrons. The predicted octanol–water partition coefficient (Wildman–Crippen LogP) is 4.46. The van der Waals surface area contributed by atoms with Gasteiger partial charge in [0.15, 0.2) is 23.6 Å². The van der Waals surface area contributed by atoms with Gasteiger partial charge in [-0.15, -0.1) is 0 Å². The summed E-state index contributed by atoms with van der Waals surface area (Å²) in [5, 5.41) is 23.2. The Labute approximate surface area is 249 Å². The number of carbonyl (C=O) groups is 3. The maximum atomic E-state index is 17.4. The van der Waals surface area contributed by atoms with Gasteiger partial charge in [0.25, 0.3) is 5.69 Å². The molecule has 10 nitrogen and oxygen atoms in total. The van der Waals surface area contributed by atoms with Gasteiger partial charge in [0.2, 0.25) is 5.78 Å². The van der Waals surface area contributed by atoms with Crippen LogP contribution in [0.25, 0.3) is 0 Å². The molecule has 1 aromatic rings. The van der Waals surface area contributed by atoms with Gasteiger partial charge in [-0.25, -0.2) is 9.18 Å². The quantitative estimate of drug-likeness (QED) is 0.269. The van der Waals surface area contributed by atoms with Gasteiger partial charge in [-0.3, -0.25) is 19.7 Å². The van der Waals surface area contributed by atoms with Crippen LogP contribution in [0.2, 0.25) is 0 Å². The van der Waals surface area contributed by atoms with E-state index in [1.807, 2.05) is 6.92 Å². The maximum Gasteiger partial charge on any atom is 0.346 e. The molecule has 0 aromatic heterocycles. The Bertz CT molecular complexity index is 1490. The zero-order chi connectivity index (χ0) is 30.4. The van der Waals surface area contributed by atoms with Crippen molar-refractivity contribution in [1.29, 1.82) is 0 Å². The van der Waals surface area contributed by atoms with Gasteiger partial charge in [-0.05, 0) is 78.6 Å². The number of rotatable bonds is 6. The SMILES string of the molecule is COc1cc(Br)c(C(=O)OCC(=O)[C@]23OC[C@@]24C[C@H](O)[C@@]2(F)[C@@H](CCC5=CC(=O)C=C[C@@]52C)C4C[C@H]3C)c([N+](=O)[O-])c1. The van der Waals surface area contributed by atoms with Crippen molar-refractivity contribution in [2.24, 2.45) is 28.6 Å². The fraction of sp³-hybridized carbons (Fsp3) is 0.567. The van der Waals surface area contributed by atoms with Crippen molar-refractivity contribution >= 4 is 39.2 Å². The Hall–Kier alpha value is -2.96. The number of esters is 1. The zero-order valence-corrected chi connectivity index (χ0v) is 24.9. The third-order valence-electron chi connectivity index (χ3n) is 10.9. The van der Waals surface area contributed by atoms with Crippen LogP contribution in [-0.2, 0) is 19.1 Å². The van der Waals surface area contributed by atoms with Gasteiger partial charge in [0.05, 0.1) is 30.8 Å². The summed E-state index contributed by atoms with van der Waals surface area (Å²) in [6.45, 7) is 3.04. The van der Waals surface area contributed by atoms with E-state index in [0.717, 1.165) is 6.07 Å². The Morgan fingerprint density at radius 3 is 2.69 bits per heavy atom. The number of ether oxygens (including phenoxy) is 3. The van der Waals surface area contributed by atoms with Gasteiger partial charge < -0.3 is 19.3 Å². The fourth-order valence-electron chi connectivity index (χ4n) is 9.01. The highest BCUT2D eigenvalue weighted by molar-refractivity contribution is 9.10. The minimum absolute atomic E-state index is 0.0190. The van der Waals surface area contributed by atoms with Crippen LogP contribution in [0.5, 0.6) is 5.75 Å². The summed E-state index contributed by atoms with van der Waals surface area (Å²) in [6.07, 6.45) is 4.39. The number of benzene rings is 1. The number of halogens is 2. The molecule has 1 N–H and O–H groups in total. The molecule has 42 heavy (non-hydrogen) atoms. The third kappa shape index (κ3) is 3.51. The van der Waals surface area contributed by atoms with E-state index in [0.29, 0.717) is 24.8 Å². The number of fused-ring (bicyclic) bond motifs is 4. The second-order valence-electron chi connectivity index (χ2n) is 12.4. The van der Waals surface area contributed by atoms with E-state index in [1.165, 1.54) is 25.3 Å².